The van der Waals surface area contributed by atoms with Crippen LogP contribution in [0, 0.1) is 13.8 Å². The van der Waals surface area contributed by atoms with Gasteiger partial charge in [0.05, 0.1) is 22.0 Å². The summed E-state index contributed by atoms with van der Waals surface area (Å²) in [5.41, 5.74) is 2.86. The minimum Gasteiger partial charge on any atom is -0.361 e. The van der Waals surface area contributed by atoms with Crippen molar-refractivity contribution in [2.45, 2.75) is 19.6 Å². The molecule has 3 rings (SSSR count). The second-order valence-electron chi connectivity index (χ2n) is 4.86. The maximum atomic E-state index is 12.0. The van der Waals surface area contributed by atoms with Gasteiger partial charge in [-0.25, -0.2) is 4.98 Å². The van der Waals surface area contributed by atoms with Gasteiger partial charge < -0.3 is 9.84 Å². The number of hydrogen-bond donors (Lipinski definition) is 1. The molecule has 0 unspecified atom stereocenters. The lowest BCUT2D eigenvalue weighted by Gasteiger charge is -2.02. The first-order valence-corrected chi connectivity index (χ1v) is 9.83. The quantitative estimate of drug-likeness (QED) is 0.703. The number of carbonyl (C=O) groups excluding carboxylic acids is 1. The molecule has 0 spiro atoms. The van der Waals surface area contributed by atoms with E-state index in [1.165, 1.54) is 23.1 Å². The molecule has 8 heteroatoms. The van der Waals surface area contributed by atoms with E-state index in [4.69, 9.17) is 4.52 Å². The molecule has 1 amide bonds. The summed E-state index contributed by atoms with van der Waals surface area (Å²) < 4.78 is 5.12. The van der Waals surface area contributed by atoms with Crippen LogP contribution in [0.2, 0.25) is 0 Å². The molecule has 0 aliphatic carbocycles. The van der Waals surface area contributed by atoms with Crippen molar-refractivity contribution in [2.75, 3.05) is 11.1 Å². The molecule has 0 aliphatic rings. The van der Waals surface area contributed by atoms with E-state index in [1.807, 2.05) is 36.7 Å². The minimum atomic E-state index is -0.0474. The topological polar surface area (TPSA) is 68.0 Å². The Labute approximate surface area is 146 Å². The molecule has 5 nitrogen and oxygen atoms in total. The second kappa shape index (κ2) is 7.29. The number of aromatic nitrogens is 2. The molecule has 0 bridgehead atoms. The van der Waals surface area contributed by atoms with Crippen LogP contribution in [0.25, 0.3) is 10.6 Å². The van der Waals surface area contributed by atoms with Gasteiger partial charge in [-0.15, -0.1) is 34.4 Å². The molecule has 0 aromatic carbocycles. The summed E-state index contributed by atoms with van der Waals surface area (Å²) >= 11 is 4.62. The summed E-state index contributed by atoms with van der Waals surface area (Å²) in [5.74, 6) is 1.86. The van der Waals surface area contributed by atoms with Crippen molar-refractivity contribution in [3.63, 3.8) is 0 Å². The van der Waals surface area contributed by atoms with Gasteiger partial charge in [-0.3, -0.25) is 4.79 Å². The van der Waals surface area contributed by atoms with E-state index >= 15 is 0 Å². The van der Waals surface area contributed by atoms with E-state index in [1.54, 1.807) is 11.3 Å². The summed E-state index contributed by atoms with van der Waals surface area (Å²) in [7, 11) is 0. The zero-order chi connectivity index (χ0) is 16.2. The van der Waals surface area contributed by atoms with Gasteiger partial charge in [0.2, 0.25) is 5.91 Å². The summed E-state index contributed by atoms with van der Waals surface area (Å²) in [6.45, 7) is 3.80. The molecular formula is C15H15N3O2S3. The third kappa shape index (κ3) is 4.01. The first-order valence-electron chi connectivity index (χ1n) is 6.92. The van der Waals surface area contributed by atoms with Gasteiger partial charge >= 0.3 is 0 Å². The van der Waals surface area contributed by atoms with Crippen molar-refractivity contribution < 1.29 is 9.32 Å². The second-order valence-corrected chi connectivity index (χ2v) is 7.65. The molecule has 0 saturated carbocycles. The fourth-order valence-electron chi connectivity index (χ4n) is 1.98. The fraction of sp³-hybridized carbons (Fsp3) is 0.267. The van der Waals surface area contributed by atoms with Crippen LogP contribution in [0.4, 0.5) is 5.13 Å². The summed E-state index contributed by atoms with van der Waals surface area (Å²) in [4.78, 5) is 17.6. The minimum absolute atomic E-state index is 0.0474. The Balaban J connectivity index is 1.50. The highest BCUT2D eigenvalue weighted by Crippen LogP contribution is 2.28. The van der Waals surface area contributed by atoms with Gasteiger partial charge in [0.15, 0.2) is 5.13 Å². The molecule has 0 saturated heterocycles. The van der Waals surface area contributed by atoms with Crippen molar-refractivity contribution in [3.05, 3.63) is 39.9 Å². The first-order chi connectivity index (χ1) is 11.1. The number of aryl methyl sites for hydroxylation is 2. The largest absolute Gasteiger partial charge is 0.361 e. The standard InChI is InChI=1S/C15H15N3O2S3/c1-9-11(10(2)20-18-9)6-21-8-14(19)17-15-16-12(7-23-15)13-4-3-5-22-13/h3-5,7H,6,8H2,1-2H3,(H,16,17,19). The Hall–Kier alpha value is -1.64. The SMILES string of the molecule is Cc1noc(C)c1CSCC(=O)Nc1nc(-c2cccs2)cs1. The van der Waals surface area contributed by atoms with Crippen LogP contribution in [0.1, 0.15) is 17.0 Å². The zero-order valence-corrected chi connectivity index (χ0v) is 15.1. The maximum Gasteiger partial charge on any atom is 0.236 e. The lowest BCUT2D eigenvalue weighted by molar-refractivity contribution is -0.113. The van der Waals surface area contributed by atoms with Crippen LogP contribution < -0.4 is 5.32 Å². The number of nitrogens with one attached hydrogen (secondary N) is 1. The number of carbonyl (C=O) groups is 1. The molecule has 0 fully saturated rings. The highest BCUT2D eigenvalue weighted by molar-refractivity contribution is 7.99. The molecule has 1 N–H and O–H groups in total. The van der Waals surface area contributed by atoms with E-state index in [0.717, 1.165) is 27.6 Å². The van der Waals surface area contributed by atoms with Crippen molar-refractivity contribution >= 4 is 45.5 Å². The molecule has 120 valence electrons. The van der Waals surface area contributed by atoms with E-state index in [-0.39, 0.29) is 5.91 Å². The van der Waals surface area contributed by atoms with Crippen molar-refractivity contribution in [2.24, 2.45) is 0 Å². The molecule has 3 aromatic rings. The van der Waals surface area contributed by atoms with Crippen molar-refractivity contribution in [1.82, 2.24) is 10.1 Å². The van der Waals surface area contributed by atoms with Gasteiger partial charge in [-0.05, 0) is 25.3 Å². The highest BCUT2D eigenvalue weighted by atomic mass is 32.2. The van der Waals surface area contributed by atoms with Crippen LogP contribution in [-0.4, -0.2) is 21.8 Å². The van der Waals surface area contributed by atoms with Crippen LogP contribution in [-0.2, 0) is 10.5 Å². The number of anilines is 1. The third-order valence-electron chi connectivity index (χ3n) is 3.18. The normalized spacial score (nSPS) is 10.9. The number of amides is 1. The third-order valence-corrected chi connectivity index (χ3v) is 5.79. The molecule has 0 aliphatic heterocycles. The number of rotatable bonds is 6. The monoisotopic (exact) mass is 365 g/mol. The van der Waals surface area contributed by atoms with E-state index in [9.17, 15) is 4.79 Å². The summed E-state index contributed by atoms with van der Waals surface area (Å²) in [6, 6.07) is 4.01. The number of thiazole rings is 1. The molecule has 3 aromatic heterocycles. The van der Waals surface area contributed by atoms with Gasteiger partial charge in [-0.1, -0.05) is 11.2 Å². The number of hydrogen-bond acceptors (Lipinski definition) is 7. The van der Waals surface area contributed by atoms with E-state index < -0.39 is 0 Å². The molecule has 0 atom stereocenters. The van der Waals surface area contributed by atoms with Crippen LogP contribution in [0.5, 0.6) is 0 Å². The summed E-state index contributed by atoms with van der Waals surface area (Å²) in [5, 5.41) is 11.4. The van der Waals surface area contributed by atoms with E-state index in [0.29, 0.717) is 16.6 Å². The Kier molecular flexibility index (Phi) is 5.14. The Morgan fingerprint density at radius 2 is 2.26 bits per heavy atom. The molecule has 23 heavy (non-hydrogen) atoms. The van der Waals surface area contributed by atoms with E-state index in [2.05, 4.69) is 15.5 Å². The highest BCUT2D eigenvalue weighted by Gasteiger charge is 2.12. The maximum absolute atomic E-state index is 12.0. The molecule has 3 heterocycles. The summed E-state index contributed by atoms with van der Waals surface area (Å²) in [6.07, 6.45) is 0. The van der Waals surface area contributed by atoms with Crippen LogP contribution in [0.15, 0.2) is 27.4 Å². The Morgan fingerprint density at radius 1 is 1.39 bits per heavy atom. The smallest absolute Gasteiger partial charge is 0.236 e. The van der Waals surface area contributed by atoms with Gasteiger partial charge in [-0.2, -0.15) is 0 Å². The van der Waals surface area contributed by atoms with Crippen molar-refractivity contribution in [3.8, 4) is 10.6 Å². The molecule has 0 radical (unpaired) electrons. The number of thiophene rings is 1. The first kappa shape index (κ1) is 16.2. The number of thioether (sulfide) groups is 1. The predicted molar refractivity (Wildman–Crippen MR) is 96.2 cm³/mol. The lowest BCUT2D eigenvalue weighted by Crippen LogP contribution is -2.14. The Bertz CT molecular complexity index is 773. The van der Waals surface area contributed by atoms with Gasteiger partial charge in [0.25, 0.3) is 0 Å². The molecular weight excluding hydrogens is 350 g/mol. The predicted octanol–water partition coefficient (Wildman–Crippen LogP) is 4.35. The van der Waals surface area contributed by atoms with Crippen molar-refractivity contribution in [1.29, 1.82) is 0 Å². The average Bonchev–Trinajstić information content (AvgIpc) is 3.24. The lowest BCUT2D eigenvalue weighted by atomic mass is 10.2. The zero-order valence-electron chi connectivity index (χ0n) is 12.7. The van der Waals surface area contributed by atoms with Gasteiger partial charge in [0.1, 0.15) is 5.76 Å². The fourth-order valence-corrected chi connectivity index (χ4v) is 4.44. The van der Waals surface area contributed by atoms with Gasteiger partial charge in [0, 0.05) is 16.7 Å². The van der Waals surface area contributed by atoms with Crippen LogP contribution >= 0.6 is 34.4 Å². The Morgan fingerprint density at radius 3 is 2.96 bits per heavy atom. The average molecular weight is 366 g/mol. The number of nitrogens with zero attached hydrogens (tertiary/aromatic N) is 2. The van der Waals surface area contributed by atoms with Crippen LogP contribution in [0.3, 0.4) is 0 Å².